The summed E-state index contributed by atoms with van der Waals surface area (Å²) < 4.78 is 32.7. The van der Waals surface area contributed by atoms with Gasteiger partial charge in [-0.1, -0.05) is 6.42 Å². The number of esters is 1. The van der Waals surface area contributed by atoms with Crippen molar-refractivity contribution in [2.75, 3.05) is 13.7 Å². The molecule has 1 aromatic carbocycles. The number of rotatable bonds is 9. The van der Waals surface area contributed by atoms with Crippen LogP contribution in [0.15, 0.2) is 24.3 Å². The number of alkyl halides is 2. The molecule has 22 heavy (non-hydrogen) atoms. The van der Waals surface area contributed by atoms with E-state index in [0.29, 0.717) is 24.9 Å². The summed E-state index contributed by atoms with van der Waals surface area (Å²) in [4.78, 5) is 22.7. The molecule has 0 spiro atoms. The summed E-state index contributed by atoms with van der Waals surface area (Å²) in [6.07, 6.45) is 2.63. The van der Waals surface area contributed by atoms with Gasteiger partial charge in [0, 0.05) is 18.5 Å². The van der Waals surface area contributed by atoms with Crippen LogP contribution >= 0.6 is 0 Å². The average Bonchev–Trinajstić information content (AvgIpc) is 2.50. The summed E-state index contributed by atoms with van der Waals surface area (Å²) >= 11 is 0. The Hall–Kier alpha value is -2.18. The first kappa shape index (κ1) is 17.9. The van der Waals surface area contributed by atoms with E-state index in [1.165, 1.54) is 31.4 Å². The third kappa shape index (κ3) is 7.01. The topological polar surface area (TPSA) is 64.6 Å². The maximum atomic E-state index is 12.0. The van der Waals surface area contributed by atoms with E-state index in [1.807, 2.05) is 0 Å². The molecule has 0 fully saturated rings. The van der Waals surface area contributed by atoms with Gasteiger partial charge >= 0.3 is 12.6 Å². The predicted octanol–water partition coefficient (Wildman–Crippen LogP) is 2.75. The van der Waals surface area contributed by atoms with Gasteiger partial charge in [-0.25, -0.2) is 0 Å². The molecule has 1 amide bonds. The van der Waals surface area contributed by atoms with Gasteiger partial charge in [-0.3, -0.25) is 9.59 Å². The fraction of sp³-hybridized carbons (Fsp3) is 0.467. The van der Waals surface area contributed by atoms with Crippen molar-refractivity contribution in [2.45, 2.75) is 32.3 Å². The molecule has 0 atom stereocenters. The Labute approximate surface area is 127 Å². The van der Waals surface area contributed by atoms with Gasteiger partial charge in [0.15, 0.2) is 0 Å². The largest absolute Gasteiger partial charge is 0.469 e. The molecular weight excluding hydrogens is 296 g/mol. The van der Waals surface area contributed by atoms with E-state index in [9.17, 15) is 18.4 Å². The molecule has 0 heterocycles. The molecule has 1 aromatic rings. The van der Waals surface area contributed by atoms with Crippen LogP contribution in [0, 0.1) is 0 Å². The highest BCUT2D eigenvalue weighted by molar-refractivity contribution is 5.94. The van der Waals surface area contributed by atoms with Gasteiger partial charge in [0.1, 0.15) is 5.75 Å². The highest BCUT2D eigenvalue weighted by Crippen LogP contribution is 2.14. The Morgan fingerprint density at radius 3 is 2.41 bits per heavy atom. The molecule has 1 rings (SSSR count). The molecule has 0 aliphatic heterocycles. The highest BCUT2D eigenvalue weighted by Gasteiger charge is 2.07. The van der Waals surface area contributed by atoms with Crippen LogP contribution in [0.4, 0.5) is 8.78 Å². The second kappa shape index (κ2) is 9.70. The molecule has 122 valence electrons. The Morgan fingerprint density at radius 1 is 1.14 bits per heavy atom. The predicted molar refractivity (Wildman–Crippen MR) is 75.9 cm³/mol. The van der Waals surface area contributed by atoms with Crippen molar-refractivity contribution in [1.82, 2.24) is 5.32 Å². The number of carbonyl (C=O) groups excluding carboxylic acids is 2. The zero-order chi connectivity index (χ0) is 16.4. The third-order valence-corrected chi connectivity index (χ3v) is 2.91. The van der Waals surface area contributed by atoms with Crippen LogP contribution < -0.4 is 10.1 Å². The Bertz CT molecular complexity index is 477. The van der Waals surface area contributed by atoms with E-state index in [1.54, 1.807) is 0 Å². The summed E-state index contributed by atoms with van der Waals surface area (Å²) in [5.74, 6) is -0.513. The molecule has 7 heteroatoms. The van der Waals surface area contributed by atoms with Gasteiger partial charge in [-0.15, -0.1) is 0 Å². The number of carbonyl (C=O) groups is 2. The van der Waals surface area contributed by atoms with E-state index >= 15 is 0 Å². The van der Waals surface area contributed by atoms with Crippen LogP contribution in [0.25, 0.3) is 0 Å². The number of methoxy groups -OCH3 is 1. The number of ether oxygens (including phenoxy) is 2. The monoisotopic (exact) mass is 315 g/mol. The van der Waals surface area contributed by atoms with Gasteiger partial charge in [0.05, 0.1) is 7.11 Å². The van der Waals surface area contributed by atoms with Crippen LogP contribution in [0.5, 0.6) is 5.75 Å². The lowest BCUT2D eigenvalue weighted by Crippen LogP contribution is -2.24. The first-order chi connectivity index (χ1) is 10.5. The quantitative estimate of drug-likeness (QED) is 0.562. The van der Waals surface area contributed by atoms with E-state index in [0.717, 1.165) is 12.8 Å². The van der Waals surface area contributed by atoms with Gasteiger partial charge in [0.25, 0.3) is 5.91 Å². The molecule has 0 unspecified atom stereocenters. The van der Waals surface area contributed by atoms with Gasteiger partial charge in [-0.2, -0.15) is 8.78 Å². The molecule has 0 bridgehead atoms. The number of unbranched alkanes of at least 4 members (excludes halogenated alkanes) is 2. The minimum atomic E-state index is -2.88. The zero-order valence-corrected chi connectivity index (χ0v) is 12.3. The number of benzene rings is 1. The van der Waals surface area contributed by atoms with E-state index < -0.39 is 6.61 Å². The third-order valence-electron chi connectivity index (χ3n) is 2.91. The summed E-state index contributed by atoms with van der Waals surface area (Å²) in [5.41, 5.74) is 0.371. The normalized spacial score (nSPS) is 10.4. The summed E-state index contributed by atoms with van der Waals surface area (Å²) in [5, 5.41) is 2.72. The molecular formula is C15H19F2NO4. The summed E-state index contributed by atoms with van der Waals surface area (Å²) in [7, 11) is 1.35. The van der Waals surface area contributed by atoms with Crippen molar-refractivity contribution < 1.29 is 27.8 Å². The first-order valence-corrected chi connectivity index (χ1v) is 6.93. The van der Waals surface area contributed by atoms with Crippen molar-refractivity contribution in [1.29, 1.82) is 0 Å². The van der Waals surface area contributed by atoms with Gasteiger partial charge in [-0.05, 0) is 37.1 Å². The lowest BCUT2D eigenvalue weighted by Gasteiger charge is -2.07. The van der Waals surface area contributed by atoms with Crippen LogP contribution in [0.1, 0.15) is 36.0 Å². The lowest BCUT2D eigenvalue weighted by atomic mass is 10.2. The molecule has 1 N–H and O–H groups in total. The van der Waals surface area contributed by atoms with Crippen LogP contribution in [-0.4, -0.2) is 32.1 Å². The minimum Gasteiger partial charge on any atom is -0.469 e. The minimum absolute atomic E-state index is 0.00867. The van der Waals surface area contributed by atoms with E-state index in [4.69, 9.17) is 0 Å². The van der Waals surface area contributed by atoms with Crippen LogP contribution in [-0.2, 0) is 9.53 Å². The SMILES string of the molecule is COC(=O)CCCCCNC(=O)c1ccc(OC(F)F)cc1. The molecule has 0 aromatic heterocycles. The average molecular weight is 315 g/mol. The maximum absolute atomic E-state index is 12.0. The number of amides is 1. The standard InChI is InChI=1S/C15H19F2NO4/c1-21-13(19)5-3-2-4-10-18-14(20)11-6-8-12(9-7-11)22-15(16)17/h6-9,15H,2-5,10H2,1H3,(H,18,20). The Balaban J connectivity index is 2.23. The van der Waals surface area contributed by atoms with Crippen LogP contribution in [0.3, 0.4) is 0 Å². The van der Waals surface area contributed by atoms with Crippen molar-refractivity contribution in [3.63, 3.8) is 0 Å². The number of halogens is 2. The number of hydrogen-bond acceptors (Lipinski definition) is 4. The maximum Gasteiger partial charge on any atom is 0.387 e. The van der Waals surface area contributed by atoms with Crippen molar-refractivity contribution in [3.05, 3.63) is 29.8 Å². The van der Waals surface area contributed by atoms with Gasteiger partial charge < -0.3 is 14.8 Å². The van der Waals surface area contributed by atoms with Gasteiger partial charge in [0.2, 0.25) is 0 Å². The van der Waals surface area contributed by atoms with E-state index in [2.05, 4.69) is 14.8 Å². The van der Waals surface area contributed by atoms with E-state index in [-0.39, 0.29) is 17.6 Å². The molecule has 0 saturated heterocycles. The fourth-order valence-electron chi connectivity index (χ4n) is 1.76. The van der Waals surface area contributed by atoms with Crippen molar-refractivity contribution in [2.24, 2.45) is 0 Å². The molecule has 0 radical (unpaired) electrons. The number of nitrogens with one attached hydrogen (secondary N) is 1. The molecule has 5 nitrogen and oxygen atoms in total. The molecule has 0 aliphatic rings. The summed E-state index contributed by atoms with van der Waals surface area (Å²) in [6.45, 7) is -2.40. The molecule has 0 saturated carbocycles. The second-order valence-electron chi connectivity index (χ2n) is 4.55. The smallest absolute Gasteiger partial charge is 0.387 e. The van der Waals surface area contributed by atoms with Crippen molar-refractivity contribution >= 4 is 11.9 Å². The number of hydrogen-bond donors (Lipinski definition) is 1. The zero-order valence-electron chi connectivity index (χ0n) is 12.3. The first-order valence-electron chi connectivity index (χ1n) is 6.93. The lowest BCUT2D eigenvalue weighted by molar-refractivity contribution is -0.140. The van der Waals surface area contributed by atoms with Crippen LogP contribution in [0.2, 0.25) is 0 Å². The molecule has 0 aliphatic carbocycles. The summed E-state index contributed by atoms with van der Waals surface area (Å²) in [6, 6.07) is 5.48. The Kier molecular flexibility index (Phi) is 7.88. The highest BCUT2D eigenvalue weighted by atomic mass is 19.3. The fourth-order valence-corrected chi connectivity index (χ4v) is 1.76. The Morgan fingerprint density at radius 2 is 1.82 bits per heavy atom. The van der Waals surface area contributed by atoms with Crippen molar-refractivity contribution in [3.8, 4) is 5.75 Å². The second-order valence-corrected chi connectivity index (χ2v) is 4.55.